The first-order chi connectivity index (χ1) is 9.72. The average molecular weight is 266 g/mol. The van der Waals surface area contributed by atoms with Gasteiger partial charge in [0.1, 0.15) is 5.82 Å². The first kappa shape index (κ1) is 12.5. The minimum Gasteiger partial charge on any atom is -0.397 e. The Kier molecular flexibility index (Phi) is 3.25. The van der Waals surface area contributed by atoms with Gasteiger partial charge in [0.25, 0.3) is 0 Å². The van der Waals surface area contributed by atoms with Gasteiger partial charge >= 0.3 is 0 Å². The molecule has 3 aromatic rings. The molecule has 0 aliphatic carbocycles. The van der Waals surface area contributed by atoms with E-state index in [4.69, 9.17) is 5.73 Å². The van der Waals surface area contributed by atoms with E-state index in [0.717, 1.165) is 5.56 Å². The van der Waals surface area contributed by atoms with E-state index in [-0.39, 0.29) is 5.82 Å². The molecule has 0 aromatic heterocycles. The summed E-state index contributed by atoms with van der Waals surface area (Å²) < 4.78 is 13.2. The van der Waals surface area contributed by atoms with Gasteiger partial charge in [-0.2, -0.15) is 0 Å². The lowest BCUT2D eigenvalue weighted by Crippen LogP contribution is -2.02. The fourth-order valence-corrected chi connectivity index (χ4v) is 2.23. The average Bonchev–Trinajstić information content (AvgIpc) is 2.48. The quantitative estimate of drug-likeness (QED) is 0.698. The lowest BCUT2D eigenvalue weighted by atomic mass is 10.1. The summed E-state index contributed by atoms with van der Waals surface area (Å²) in [5, 5.41) is 5.57. The van der Waals surface area contributed by atoms with Crippen molar-refractivity contribution in [3.05, 3.63) is 72.0 Å². The highest BCUT2D eigenvalue weighted by molar-refractivity contribution is 5.83. The fraction of sp³-hybridized carbons (Fsp3) is 0.0588. The second kappa shape index (κ2) is 5.21. The van der Waals surface area contributed by atoms with E-state index >= 15 is 0 Å². The minimum atomic E-state index is -0.291. The molecular weight excluding hydrogens is 251 g/mol. The van der Waals surface area contributed by atoms with E-state index in [2.05, 4.69) is 35.6 Å². The van der Waals surface area contributed by atoms with Crippen LogP contribution in [0.3, 0.4) is 0 Å². The fourth-order valence-electron chi connectivity index (χ4n) is 2.23. The molecule has 0 amide bonds. The number of rotatable bonds is 3. The first-order valence-corrected chi connectivity index (χ1v) is 6.49. The second-order valence-corrected chi connectivity index (χ2v) is 4.77. The highest BCUT2D eigenvalue weighted by atomic mass is 19.1. The molecule has 100 valence electrons. The van der Waals surface area contributed by atoms with Crippen LogP contribution < -0.4 is 11.1 Å². The predicted molar refractivity (Wildman–Crippen MR) is 82.1 cm³/mol. The van der Waals surface area contributed by atoms with Crippen LogP contribution >= 0.6 is 0 Å². The predicted octanol–water partition coefficient (Wildman–Crippen LogP) is 4.17. The summed E-state index contributed by atoms with van der Waals surface area (Å²) in [4.78, 5) is 0. The Labute approximate surface area is 117 Å². The Hall–Kier alpha value is -2.55. The summed E-state index contributed by atoms with van der Waals surface area (Å²) in [5.41, 5.74) is 8.12. The SMILES string of the molecule is Nc1ccc(F)cc1NCc1ccc2ccccc2c1. The van der Waals surface area contributed by atoms with Crippen LogP contribution in [0, 0.1) is 5.82 Å². The molecule has 20 heavy (non-hydrogen) atoms. The Morgan fingerprint density at radius 2 is 1.70 bits per heavy atom. The summed E-state index contributed by atoms with van der Waals surface area (Å²) >= 11 is 0. The van der Waals surface area contributed by atoms with Crippen LogP contribution in [-0.4, -0.2) is 0 Å². The minimum absolute atomic E-state index is 0.291. The zero-order valence-corrected chi connectivity index (χ0v) is 10.9. The smallest absolute Gasteiger partial charge is 0.125 e. The molecule has 0 spiro atoms. The van der Waals surface area contributed by atoms with Crippen molar-refractivity contribution in [1.82, 2.24) is 0 Å². The van der Waals surface area contributed by atoms with Gasteiger partial charge in [0.2, 0.25) is 0 Å². The summed E-state index contributed by atoms with van der Waals surface area (Å²) in [5.74, 6) is -0.291. The molecule has 0 fully saturated rings. The van der Waals surface area contributed by atoms with Gasteiger partial charge in [-0.05, 0) is 40.6 Å². The number of hydrogen-bond donors (Lipinski definition) is 2. The monoisotopic (exact) mass is 266 g/mol. The molecule has 0 heterocycles. The molecule has 0 radical (unpaired) electrons. The van der Waals surface area contributed by atoms with Gasteiger partial charge in [0, 0.05) is 6.54 Å². The summed E-state index contributed by atoms with van der Waals surface area (Å²) in [6.45, 7) is 0.610. The van der Waals surface area contributed by atoms with Crippen molar-refractivity contribution < 1.29 is 4.39 Å². The maximum absolute atomic E-state index is 13.2. The van der Waals surface area contributed by atoms with Gasteiger partial charge in [-0.3, -0.25) is 0 Å². The van der Waals surface area contributed by atoms with E-state index in [1.807, 2.05) is 12.1 Å². The zero-order chi connectivity index (χ0) is 13.9. The number of anilines is 2. The van der Waals surface area contributed by atoms with Crippen molar-refractivity contribution in [1.29, 1.82) is 0 Å². The van der Waals surface area contributed by atoms with Gasteiger partial charge in [-0.1, -0.05) is 36.4 Å². The molecule has 0 aliphatic rings. The van der Waals surface area contributed by atoms with Crippen molar-refractivity contribution in [2.24, 2.45) is 0 Å². The first-order valence-electron chi connectivity index (χ1n) is 6.49. The summed E-state index contributed by atoms with van der Waals surface area (Å²) in [7, 11) is 0. The summed E-state index contributed by atoms with van der Waals surface area (Å²) in [6, 6.07) is 18.8. The Balaban J connectivity index is 1.81. The number of nitrogen functional groups attached to an aromatic ring is 1. The highest BCUT2D eigenvalue weighted by Gasteiger charge is 2.01. The molecule has 0 aliphatic heterocycles. The van der Waals surface area contributed by atoms with E-state index in [9.17, 15) is 4.39 Å². The number of hydrogen-bond acceptors (Lipinski definition) is 2. The highest BCUT2D eigenvalue weighted by Crippen LogP contribution is 2.21. The third kappa shape index (κ3) is 2.57. The van der Waals surface area contributed by atoms with Crippen molar-refractivity contribution in [2.75, 3.05) is 11.1 Å². The molecule has 3 N–H and O–H groups in total. The third-order valence-corrected chi connectivity index (χ3v) is 3.31. The number of fused-ring (bicyclic) bond motifs is 1. The maximum atomic E-state index is 13.2. The van der Waals surface area contributed by atoms with Crippen molar-refractivity contribution >= 4 is 22.1 Å². The number of nitrogens with one attached hydrogen (secondary N) is 1. The lowest BCUT2D eigenvalue weighted by Gasteiger charge is -2.10. The topological polar surface area (TPSA) is 38.0 Å². The van der Waals surface area contributed by atoms with Crippen molar-refractivity contribution in [3.63, 3.8) is 0 Å². The van der Waals surface area contributed by atoms with Crippen LogP contribution in [0.1, 0.15) is 5.56 Å². The Bertz CT molecular complexity index is 753. The third-order valence-electron chi connectivity index (χ3n) is 3.31. The standard InChI is InChI=1S/C17H15FN2/c18-15-7-8-16(19)17(10-15)20-11-12-5-6-13-3-1-2-4-14(13)9-12/h1-10,20H,11,19H2. The number of nitrogens with two attached hydrogens (primary N) is 1. The molecule has 0 unspecified atom stereocenters. The molecule has 0 atom stereocenters. The van der Waals surface area contributed by atoms with Gasteiger partial charge in [-0.15, -0.1) is 0 Å². The Morgan fingerprint density at radius 1 is 0.900 bits per heavy atom. The van der Waals surface area contributed by atoms with Gasteiger partial charge < -0.3 is 11.1 Å². The van der Waals surface area contributed by atoms with Crippen LogP contribution in [0.5, 0.6) is 0 Å². The largest absolute Gasteiger partial charge is 0.397 e. The molecule has 3 heteroatoms. The van der Waals surface area contributed by atoms with Crippen LogP contribution in [0.4, 0.5) is 15.8 Å². The molecule has 0 saturated heterocycles. The van der Waals surface area contributed by atoms with Crippen molar-refractivity contribution in [3.8, 4) is 0 Å². The van der Waals surface area contributed by atoms with Crippen LogP contribution in [0.2, 0.25) is 0 Å². The van der Waals surface area contributed by atoms with Gasteiger partial charge in [-0.25, -0.2) is 4.39 Å². The molecule has 0 bridgehead atoms. The van der Waals surface area contributed by atoms with Gasteiger partial charge in [0.05, 0.1) is 11.4 Å². The van der Waals surface area contributed by atoms with E-state index in [1.165, 1.54) is 22.9 Å². The molecule has 3 rings (SSSR count). The van der Waals surface area contributed by atoms with Crippen molar-refractivity contribution in [2.45, 2.75) is 6.54 Å². The molecular formula is C17H15FN2. The number of benzene rings is 3. The maximum Gasteiger partial charge on any atom is 0.125 e. The number of halogens is 1. The Morgan fingerprint density at radius 3 is 2.55 bits per heavy atom. The van der Waals surface area contributed by atoms with E-state index in [1.54, 1.807) is 6.07 Å². The van der Waals surface area contributed by atoms with E-state index < -0.39 is 0 Å². The summed E-state index contributed by atoms with van der Waals surface area (Å²) in [6.07, 6.45) is 0. The van der Waals surface area contributed by atoms with Gasteiger partial charge in [0.15, 0.2) is 0 Å². The second-order valence-electron chi connectivity index (χ2n) is 4.77. The molecule has 0 saturated carbocycles. The normalized spacial score (nSPS) is 10.7. The van der Waals surface area contributed by atoms with E-state index in [0.29, 0.717) is 17.9 Å². The van der Waals surface area contributed by atoms with Crippen LogP contribution in [-0.2, 0) is 6.54 Å². The van der Waals surface area contributed by atoms with Crippen LogP contribution in [0.25, 0.3) is 10.8 Å². The lowest BCUT2D eigenvalue weighted by molar-refractivity contribution is 0.628. The zero-order valence-electron chi connectivity index (χ0n) is 10.9. The molecule has 2 nitrogen and oxygen atoms in total. The molecule has 3 aromatic carbocycles. The van der Waals surface area contributed by atoms with Crippen LogP contribution in [0.15, 0.2) is 60.7 Å².